The zero-order chi connectivity index (χ0) is 12.0. The van der Waals surface area contributed by atoms with Gasteiger partial charge in [-0.25, -0.2) is 0 Å². The summed E-state index contributed by atoms with van der Waals surface area (Å²) in [7, 11) is 0. The minimum atomic E-state index is -0.470. The van der Waals surface area contributed by atoms with Crippen LogP contribution in [0.3, 0.4) is 0 Å². The van der Waals surface area contributed by atoms with Gasteiger partial charge in [-0.3, -0.25) is 9.79 Å². The summed E-state index contributed by atoms with van der Waals surface area (Å²) in [5.74, 6) is -0.0599. The summed E-state index contributed by atoms with van der Waals surface area (Å²) >= 11 is 0. The van der Waals surface area contributed by atoms with E-state index in [1.54, 1.807) is 6.08 Å². The lowest BCUT2D eigenvalue weighted by atomic mass is 10.2. The molecule has 0 bridgehead atoms. The Balaban J connectivity index is 2.28. The normalized spacial score (nSPS) is 25.4. The Kier molecular flexibility index (Phi) is 4.78. The van der Waals surface area contributed by atoms with Crippen molar-refractivity contribution in [2.45, 2.75) is 25.0 Å². The lowest BCUT2D eigenvalue weighted by molar-refractivity contribution is -0.128. The first kappa shape index (κ1) is 12.5. The van der Waals surface area contributed by atoms with Crippen LogP contribution in [-0.2, 0) is 9.53 Å². The third kappa shape index (κ3) is 3.90. The molecule has 6 heteroatoms. The van der Waals surface area contributed by atoms with Gasteiger partial charge in [0.05, 0.1) is 12.6 Å². The quantitative estimate of drug-likeness (QED) is 0.321. The third-order valence-electron chi connectivity index (χ3n) is 2.32. The Morgan fingerprint density at radius 1 is 1.56 bits per heavy atom. The molecular weight excluding hydrogens is 208 g/mol. The number of aliphatic imine (C=N–C) groups is 1. The standard InChI is InChI=1S/C10H18N4O2/c1-2-5-13-10(12)14-6-7-3-4-8(16-7)9(11)15/h2,7-8H,1,3-6H2,(H2,11,15)(H3,12,13,14). The maximum absolute atomic E-state index is 10.8. The van der Waals surface area contributed by atoms with E-state index in [9.17, 15) is 4.79 Å². The average Bonchev–Trinajstić information content (AvgIpc) is 2.72. The Morgan fingerprint density at radius 3 is 2.88 bits per heavy atom. The van der Waals surface area contributed by atoms with E-state index in [0.29, 0.717) is 25.5 Å². The highest BCUT2D eigenvalue weighted by Crippen LogP contribution is 2.19. The van der Waals surface area contributed by atoms with Gasteiger partial charge in [-0.2, -0.15) is 0 Å². The molecule has 2 unspecified atom stereocenters. The number of guanidine groups is 1. The van der Waals surface area contributed by atoms with E-state index < -0.39 is 12.0 Å². The van der Waals surface area contributed by atoms with Crippen LogP contribution < -0.4 is 16.8 Å². The smallest absolute Gasteiger partial charge is 0.246 e. The van der Waals surface area contributed by atoms with E-state index in [1.807, 2.05) is 0 Å². The second-order valence-electron chi connectivity index (χ2n) is 3.62. The Labute approximate surface area is 94.7 Å². The topological polar surface area (TPSA) is 103 Å². The number of primary amides is 1. The van der Waals surface area contributed by atoms with Crippen molar-refractivity contribution in [1.82, 2.24) is 5.32 Å². The molecule has 0 aliphatic carbocycles. The number of nitrogens with one attached hydrogen (secondary N) is 1. The molecular formula is C10H18N4O2. The van der Waals surface area contributed by atoms with Crippen LogP contribution in [0.5, 0.6) is 0 Å². The number of carbonyl (C=O) groups is 1. The minimum Gasteiger partial charge on any atom is -0.370 e. The van der Waals surface area contributed by atoms with Gasteiger partial charge in [-0.05, 0) is 12.8 Å². The van der Waals surface area contributed by atoms with E-state index in [4.69, 9.17) is 16.2 Å². The summed E-state index contributed by atoms with van der Waals surface area (Å²) in [6, 6.07) is 0. The van der Waals surface area contributed by atoms with Gasteiger partial charge in [0, 0.05) is 6.54 Å². The van der Waals surface area contributed by atoms with E-state index >= 15 is 0 Å². The number of carbonyl (C=O) groups excluding carboxylic acids is 1. The number of amides is 1. The molecule has 16 heavy (non-hydrogen) atoms. The van der Waals surface area contributed by atoms with Crippen molar-refractivity contribution in [3.05, 3.63) is 12.7 Å². The maximum Gasteiger partial charge on any atom is 0.246 e. The second-order valence-corrected chi connectivity index (χ2v) is 3.62. The number of hydrogen-bond donors (Lipinski definition) is 3. The maximum atomic E-state index is 10.8. The fourth-order valence-corrected chi connectivity index (χ4v) is 1.48. The summed E-state index contributed by atoms with van der Waals surface area (Å²) in [5, 5.41) is 2.85. The monoisotopic (exact) mass is 226 g/mol. The number of ether oxygens (including phenoxy) is 1. The first-order chi connectivity index (χ1) is 7.63. The molecule has 6 nitrogen and oxygen atoms in total. The molecule has 0 spiro atoms. The van der Waals surface area contributed by atoms with Crippen molar-refractivity contribution in [1.29, 1.82) is 0 Å². The summed E-state index contributed by atoms with van der Waals surface area (Å²) in [6.07, 6.45) is 2.60. The van der Waals surface area contributed by atoms with Gasteiger partial charge < -0.3 is 21.5 Å². The van der Waals surface area contributed by atoms with E-state index in [0.717, 1.165) is 6.42 Å². The highest BCUT2D eigenvalue weighted by Gasteiger charge is 2.28. The molecule has 1 heterocycles. The average molecular weight is 226 g/mol. The summed E-state index contributed by atoms with van der Waals surface area (Å²) in [5.41, 5.74) is 10.7. The molecule has 1 amide bonds. The van der Waals surface area contributed by atoms with Crippen molar-refractivity contribution < 1.29 is 9.53 Å². The molecule has 90 valence electrons. The first-order valence-electron chi connectivity index (χ1n) is 5.23. The second kappa shape index (κ2) is 6.12. The molecule has 0 saturated carbocycles. The predicted octanol–water partition coefficient (Wildman–Crippen LogP) is -0.890. The number of nitrogens with zero attached hydrogens (tertiary/aromatic N) is 1. The van der Waals surface area contributed by atoms with Gasteiger partial charge in [-0.15, -0.1) is 6.58 Å². The summed E-state index contributed by atoms with van der Waals surface area (Å²) < 4.78 is 5.39. The summed E-state index contributed by atoms with van der Waals surface area (Å²) in [6.45, 7) is 4.57. The van der Waals surface area contributed by atoms with Crippen LogP contribution in [0.2, 0.25) is 0 Å². The Hall–Kier alpha value is -1.56. The van der Waals surface area contributed by atoms with Gasteiger partial charge in [-0.1, -0.05) is 6.08 Å². The van der Waals surface area contributed by atoms with Crippen LogP contribution in [0.4, 0.5) is 0 Å². The number of nitrogens with two attached hydrogens (primary N) is 2. The fourth-order valence-electron chi connectivity index (χ4n) is 1.48. The lowest BCUT2D eigenvalue weighted by Gasteiger charge is -2.09. The van der Waals surface area contributed by atoms with Crippen LogP contribution in [0.1, 0.15) is 12.8 Å². The third-order valence-corrected chi connectivity index (χ3v) is 2.32. The Morgan fingerprint density at radius 2 is 2.31 bits per heavy atom. The predicted molar refractivity (Wildman–Crippen MR) is 61.8 cm³/mol. The van der Waals surface area contributed by atoms with E-state index in [2.05, 4.69) is 16.9 Å². The molecule has 1 aliphatic heterocycles. The molecule has 0 radical (unpaired) electrons. The molecule has 1 saturated heterocycles. The highest BCUT2D eigenvalue weighted by atomic mass is 16.5. The zero-order valence-corrected chi connectivity index (χ0v) is 9.19. The van der Waals surface area contributed by atoms with Crippen LogP contribution in [0.25, 0.3) is 0 Å². The molecule has 5 N–H and O–H groups in total. The summed E-state index contributed by atoms with van der Waals surface area (Å²) in [4.78, 5) is 14.9. The van der Waals surface area contributed by atoms with Gasteiger partial charge in [0.15, 0.2) is 5.96 Å². The molecule has 1 aliphatic rings. The molecule has 0 aromatic heterocycles. The van der Waals surface area contributed by atoms with Gasteiger partial charge in [0.2, 0.25) is 5.91 Å². The van der Waals surface area contributed by atoms with Crippen LogP contribution in [-0.4, -0.2) is 37.2 Å². The SMILES string of the molecule is C=CCNC(N)=NCC1CCC(C(N)=O)O1. The molecule has 2 atom stereocenters. The van der Waals surface area contributed by atoms with Crippen molar-refractivity contribution in [3.8, 4) is 0 Å². The Bertz CT molecular complexity index is 291. The van der Waals surface area contributed by atoms with Crippen LogP contribution >= 0.6 is 0 Å². The van der Waals surface area contributed by atoms with E-state index in [1.165, 1.54) is 0 Å². The minimum absolute atomic E-state index is 0.0680. The van der Waals surface area contributed by atoms with Gasteiger partial charge in [0.25, 0.3) is 0 Å². The largest absolute Gasteiger partial charge is 0.370 e. The fraction of sp³-hybridized carbons (Fsp3) is 0.600. The van der Waals surface area contributed by atoms with Crippen molar-refractivity contribution in [2.24, 2.45) is 16.5 Å². The van der Waals surface area contributed by atoms with E-state index in [-0.39, 0.29) is 6.10 Å². The molecule has 1 fully saturated rings. The molecule has 0 aromatic carbocycles. The number of rotatable bonds is 5. The van der Waals surface area contributed by atoms with Crippen LogP contribution in [0.15, 0.2) is 17.6 Å². The van der Waals surface area contributed by atoms with Crippen molar-refractivity contribution in [3.63, 3.8) is 0 Å². The number of hydrogen-bond acceptors (Lipinski definition) is 3. The van der Waals surface area contributed by atoms with Gasteiger partial charge in [0.1, 0.15) is 6.10 Å². The van der Waals surface area contributed by atoms with Gasteiger partial charge >= 0.3 is 0 Å². The zero-order valence-electron chi connectivity index (χ0n) is 9.19. The van der Waals surface area contributed by atoms with Crippen molar-refractivity contribution in [2.75, 3.05) is 13.1 Å². The van der Waals surface area contributed by atoms with Crippen LogP contribution in [0, 0.1) is 0 Å². The highest BCUT2D eigenvalue weighted by molar-refractivity contribution is 5.79. The van der Waals surface area contributed by atoms with Crippen molar-refractivity contribution >= 4 is 11.9 Å². The molecule has 1 rings (SSSR count). The molecule has 0 aromatic rings. The lowest BCUT2D eigenvalue weighted by Crippen LogP contribution is -2.33. The first-order valence-corrected chi connectivity index (χ1v) is 5.23.